The molecule has 0 atom stereocenters. The highest BCUT2D eigenvalue weighted by atomic mass is 16.6. The van der Waals surface area contributed by atoms with Crippen molar-refractivity contribution < 1.29 is 14.5 Å². The van der Waals surface area contributed by atoms with Crippen LogP contribution in [0.2, 0.25) is 0 Å². The quantitative estimate of drug-likeness (QED) is 0.303. The third-order valence-electron chi connectivity index (χ3n) is 1.77. The van der Waals surface area contributed by atoms with Crippen molar-refractivity contribution in [3.05, 3.63) is 33.6 Å². The predicted octanol–water partition coefficient (Wildman–Crippen LogP) is 0.823. The van der Waals surface area contributed by atoms with Gasteiger partial charge in [0.2, 0.25) is 0 Å². The lowest BCUT2D eigenvalue weighted by Crippen LogP contribution is -1.96. The highest BCUT2D eigenvalue weighted by Crippen LogP contribution is 2.13. The van der Waals surface area contributed by atoms with Gasteiger partial charge < -0.3 is 4.74 Å². The van der Waals surface area contributed by atoms with E-state index >= 15 is 0 Å². The molecule has 0 saturated heterocycles. The average molecular weight is 220 g/mol. The van der Waals surface area contributed by atoms with E-state index < -0.39 is 10.9 Å². The number of pyridine rings is 1. The Morgan fingerprint density at radius 2 is 2.31 bits per heavy atom. The number of hydrogen-bond acceptors (Lipinski definition) is 5. The molecule has 1 aromatic heterocycles. The Morgan fingerprint density at radius 1 is 1.62 bits per heavy atom. The minimum absolute atomic E-state index is 0.167. The second kappa shape index (κ2) is 4.89. The number of esters is 1. The molecule has 0 amide bonds. The van der Waals surface area contributed by atoms with Crippen LogP contribution in [0.25, 0.3) is 0 Å². The summed E-state index contributed by atoms with van der Waals surface area (Å²) in [6, 6.07) is 1.26. The number of carbonyl (C=O) groups excluding carboxylic acids is 1. The number of methoxy groups -OCH3 is 1. The molecule has 6 heteroatoms. The molecular formula is C10H8N2O4. The molecule has 0 aliphatic carbocycles. The zero-order chi connectivity index (χ0) is 12.1. The van der Waals surface area contributed by atoms with E-state index in [4.69, 9.17) is 0 Å². The van der Waals surface area contributed by atoms with E-state index in [0.29, 0.717) is 11.3 Å². The van der Waals surface area contributed by atoms with Gasteiger partial charge >= 0.3 is 5.97 Å². The zero-order valence-corrected chi connectivity index (χ0v) is 8.68. The molecule has 0 fully saturated rings. The van der Waals surface area contributed by atoms with Crippen molar-refractivity contribution in [1.82, 2.24) is 4.98 Å². The summed E-state index contributed by atoms with van der Waals surface area (Å²) in [5.74, 6) is 3.95. The van der Waals surface area contributed by atoms with Crippen LogP contribution in [0.4, 0.5) is 5.69 Å². The fourth-order valence-electron chi connectivity index (χ4n) is 0.918. The number of carbonyl (C=O) groups is 1. The number of aryl methyl sites for hydroxylation is 1. The van der Waals surface area contributed by atoms with E-state index in [2.05, 4.69) is 21.6 Å². The Labute approximate surface area is 91.4 Å². The number of nitrogens with zero attached hydrogens (tertiary/aromatic N) is 2. The molecule has 1 aromatic rings. The second-order valence-corrected chi connectivity index (χ2v) is 2.83. The van der Waals surface area contributed by atoms with Crippen LogP contribution in [0.5, 0.6) is 0 Å². The number of ether oxygens (including phenoxy) is 1. The standard InChI is InChI=1S/C10H8N2O4/c1-7-8(3-4-10(13)16-2)5-9(6-11-7)12(14)15/h5-6H,1-2H3. The maximum atomic E-state index is 10.8. The van der Waals surface area contributed by atoms with Gasteiger partial charge in [-0.1, -0.05) is 5.92 Å². The normalized spacial score (nSPS) is 8.88. The van der Waals surface area contributed by atoms with Crippen LogP contribution in [0, 0.1) is 28.9 Å². The molecule has 0 bridgehead atoms. The Hall–Kier alpha value is -2.42. The Kier molecular flexibility index (Phi) is 3.56. The van der Waals surface area contributed by atoms with Crippen molar-refractivity contribution in [2.45, 2.75) is 6.92 Å². The maximum absolute atomic E-state index is 10.8. The largest absolute Gasteiger partial charge is 0.459 e. The highest BCUT2D eigenvalue weighted by molar-refractivity contribution is 5.89. The maximum Gasteiger partial charge on any atom is 0.384 e. The minimum atomic E-state index is -0.703. The first kappa shape index (κ1) is 11.7. The van der Waals surface area contributed by atoms with Gasteiger partial charge in [-0.25, -0.2) is 4.79 Å². The van der Waals surface area contributed by atoms with Gasteiger partial charge in [-0.3, -0.25) is 15.1 Å². The average Bonchev–Trinajstić information content (AvgIpc) is 2.27. The van der Waals surface area contributed by atoms with Crippen LogP contribution >= 0.6 is 0 Å². The second-order valence-electron chi connectivity index (χ2n) is 2.83. The lowest BCUT2D eigenvalue weighted by atomic mass is 10.2. The molecule has 0 saturated carbocycles. The summed E-state index contributed by atoms with van der Waals surface area (Å²) in [6.07, 6.45) is 1.14. The Morgan fingerprint density at radius 3 is 2.88 bits per heavy atom. The van der Waals surface area contributed by atoms with Gasteiger partial charge in [-0.2, -0.15) is 0 Å². The van der Waals surface area contributed by atoms with Crippen LogP contribution in [0.1, 0.15) is 11.3 Å². The minimum Gasteiger partial charge on any atom is -0.459 e. The van der Waals surface area contributed by atoms with E-state index in [0.717, 1.165) is 6.20 Å². The number of nitro groups is 1. The lowest BCUT2D eigenvalue weighted by Gasteiger charge is -1.96. The third kappa shape index (κ3) is 2.78. The van der Waals surface area contributed by atoms with E-state index in [1.54, 1.807) is 6.92 Å². The summed E-state index contributed by atoms with van der Waals surface area (Å²) in [6.45, 7) is 1.64. The molecule has 1 rings (SSSR count). The van der Waals surface area contributed by atoms with Gasteiger partial charge in [-0.15, -0.1) is 0 Å². The van der Waals surface area contributed by atoms with Crippen molar-refractivity contribution in [3.8, 4) is 11.8 Å². The Bertz CT molecular complexity index is 499. The van der Waals surface area contributed by atoms with Gasteiger partial charge in [0.1, 0.15) is 6.20 Å². The molecule has 0 aliphatic heterocycles. The fraction of sp³-hybridized carbons (Fsp3) is 0.200. The molecule has 6 nitrogen and oxygen atoms in total. The molecule has 0 spiro atoms. The first-order valence-corrected chi connectivity index (χ1v) is 4.25. The molecule has 0 radical (unpaired) electrons. The van der Waals surface area contributed by atoms with Crippen molar-refractivity contribution in [2.75, 3.05) is 7.11 Å². The number of rotatable bonds is 1. The van der Waals surface area contributed by atoms with Gasteiger partial charge in [0, 0.05) is 12.0 Å². The molecule has 82 valence electrons. The van der Waals surface area contributed by atoms with Crippen LogP contribution in [-0.4, -0.2) is 23.0 Å². The third-order valence-corrected chi connectivity index (χ3v) is 1.77. The first-order valence-electron chi connectivity index (χ1n) is 4.25. The summed E-state index contributed by atoms with van der Waals surface area (Å²) in [7, 11) is 1.20. The van der Waals surface area contributed by atoms with Crippen LogP contribution in [0.3, 0.4) is 0 Å². The van der Waals surface area contributed by atoms with Crippen molar-refractivity contribution in [2.24, 2.45) is 0 Å². The van der Waals surface area contributed by atoms with Gasteiger partial charge in [0.05, 0.1) is 23.3 Å². The van der Waals surface area contributed by atoms with Crippen LogP contribution in [-0.2, 0) is 9.53 Å². The molecule has 16 heavy (non-hydrogen) atoms. The van der Waals surface area contributed by atoms with Gasteiger partial charge in [0.25, 0.3) is 5.69 Å². The topological polar surface area (TPSA) is 82.3 Å². The summed E-state index contributed by atoms with van der Waals surface area (Å²) >= 11 is 0. The van der Waals surface area contributed by atoms with E-state index in [-0.39, 0.29) is 5.69 Å². The number of aromatic nitrogens is 1. The van der Waals surface area contributed by atoms with Crippen molar-refractivity contribution in [3.63, 3.8) is 0 Å². The molecule has 0 aliphatic rings. The van der Waals surface area contributed by atoms with Crippen LogP contribution in [0.15, 0.2) is 12.3 Å². The number of hydrogen-bond donors (Lipinski definition) is 0. The van der Waals surface area contributed by atoms with Crippen molar-refractivity contribution >= 4 is 11.7 Å². The Balaban J connectivity index is 3.11. The van der Waals surface area contributed by atoms with E-state index in [1.165, 1.54) is 13.2 Å². The summed E-state index contributed by atoms with van der Waals surface area (Å²) < 4.78 is 4.32. The SMILES string of the molecule is COC(=O)C#Cc1cc([N+](=O)[O-])cnc1C. The lowest BCUT2D eigenvalue weighted by molar-refractivity contribution is -0.385. The molecule has 1 heterocycles. The smallest absolute Gasteiger partial charge is 0.384 e. The van der Waals surface area contributed by atoms with Crippen LogP contribution < -0.4 is 0 Å². The molecule has 0 unspecified atom stereocenters. The summed E-state index contributed by atoms with van der Waals surface area (Å²) in [4.78, 5) is 24.5. The van der Waals surface area contributed by atoms with Gasteiger partial charge in [0.15, 0.2) is 0 Å². The first-order chi connectivity index (χ1) is 7.54. The van der Waals surface area contributed by atoms with Crippen molar-refractivity contribution in [1.29, 1.82) is 0 Å². The summed E-state index contributed by atoms with van der Waals surface area (Å²) in [5, 5.41) is 10.5. The molecule has 0 aromatic carbocycles. The molecular weight excluding hydrogens is 212 g/mol. The van der Waals surface area contributed by atoms with E-state index in [1.807, 2.05) is 0 Å². The van der Waals surface area contributed by atoms with Gasteiger partial charge in [-0.05, 0) is 6.92 Å². The zero-order valence-electron chi connectivity index (χ0n) is 8.68. The molecule has 0 N–H and O–H groups in total. The summed E-state index contributed by atoms with van der Waals surface area (Å²) in [5.41, 5.74) is 0.682. The predicted molar refractivity (Wildman–Crippen MR) is 54.5 cm³/mol. The highest BCUT2D eigenvalue weighted by Gasteiger charge is 2.08. The fourth-order valence-corrected chi connectivity index (χ4v) is 0.918. The monoisotopic (exact) mass is 220 g/mol. The van der Waals surface area contributed by atoms with E-state index in [9.17, 15) is 14.9 Å².